The molecule has 0 aliphatic rings. The Morgan fingerprint density at radius 1 is 1.16 bits per heavy atom. The SMILES string of the molecule is C=CCN(CC=C)S(=O)(=O)c1ccc(C(=O)N=c2sc3ccc([N+](=O)[O-])cc3n2CC(=O)OCC)cc1. The second kappa shape index (κ2) is 11.9. The Kier molecular flexibility index (Phi) is 8.86. The van der Waals surface area contributed by atoms with Crippen molar-refractivity contribution in [3.05, 3.63) is 88.3 Å². The van der Waals surface area contributed by atoms with Crippen LogP contribution in [0.15, 0.2) is 77.7 Å². The van der Waals surface area contributed by atoms with Crippen LogP contribution in [-0.2, 0) is 26.1 Å². The monoisotopic (exact) mass is 544 g/mol. The van der Waals surface area contributed by atoms with E-state index in [1.165, 1.54) is 63.5 Å². The predicted octanol–water partition coefficient (Wildman–Crippen LogP) is 3.28. The zero-order valence-electron chi connectivity index (χ0n) is 19.9. The lowest BCUT2D eigenvalue weighted by molar-refractivity contribution is -0.384. The first-order valence-corrected chi connectivity index (χ1v) is 13.2. The van der Waals surface area contributed by atoms with E-state index in [0.717, 1.165) is 11.3 Å². The van der Waals surface area contributed by atoms with Crippen LogP contribution in [0.4, 0.5) is 5.69 Å². The van der Waals surface area contributed by atoms with E-state index in [4.69, 9.17) is 4.74 Å². The number of hydrogen-bond donors (Lipinski definition) is 0. The Morgan fingerprint density at radius 3 is 2.38 bits per heavy atom. The molecule has 0 atom stereocenters. The van der Waals surface area contributed by atoms with Gasteiger partial charge >= 0.3 is 5.97 Å². The highest BCUT2D eigenvalue weighted by Crippen LogP contribution is 2.23. The Balaban J connectivity index is 2.02. The number of nitrogens with zero attached hydrogens (tertiary/aromatic N) is 4. The lowest BCUT2D eigenvalue weighted by Crippen LogP contribution is -2.31. The number of rotatable bonds is 11. The van der Waals surface area contributed by atoms with E-state index < -0.39 is 26.8 Å². The largest absolute Gasteiger partial charge is 0.465 e. The van der Waals surface area contributed by atoms with Crippen LogP contribution in [-0.4, -0.2) is 53.8 Å². The summed E-state index contributed by atoms with van der Waals surface area (Å²) in [4.78, 5) is 40.0. The van der Waals surface area contributed by atoms with Crippen LogP contribution < -0.4 is 4.80 Å². The molecule has 1 amide bonds. The van der Waals surface area contributed by atoms with Crippen molar-refractivity contribution in [3.8, 4) is 0 Å². The summed E-state index contributed by atoms with van der Waals surface area (Å²) in [5.41, 5.74) is 0.286. The van der Waals surface area contributed by atoms with Gasteiger partial charge in [0.25, 0.3) is 11.6 Å². The van der Waals surface area contributed by atoms with Crippen molar-refractivity contribution in [3.63, 3.8) is 0 Å². The first-order valence-electron chi connectivity index (χ1n) is 11.0. The molecule has 0 saturated heterocycles. The van der Waals surface area contributed by atoms with E-state index in [9.17, 15) is 28.1 Å². The van der Waals surface area contributed by atoms with E-state index in [0.29, 0.717) is 10.2 Å². The number of hydrogen-bond acceptors (Lipinski definition) is 8. The molecule has 0 bridgehead atoms. The van der Waals surface area contributed by atoms with Crippen molar-refractivity contribution < 1.29 is 27.7 Å². The number of ether oxygens (including phenoxy) is 1. The lowest BCUT2D eigenvalue weighted by Gasteiger charge is -2.19. The minimum atomic E-state index is -3.84. The summed E-state index contributed by atoms with van der Waals surface area (Å²) < 4.78 is 33.9. The number of thiazole rings is 1. The molecular formula is C24H24N4O7S2. The number of fused-ring (bicyclic) bond motifs is 1. The minimum absolute atomic E-state index is 0.0145. The second-order valence-corrected chi connectivity index (χ2v) is 10.5. The number of benzene rings is 2. The zero-order chi connectivity index (χ0) is 27.2. The Bertz CT molecular complexity index is 1530. The van der Waals surface area contributed by atoms with Gasteiger partial charge in [-0.2, -0.15) is 9.30 Å². The number of nitro benzene ring substituents is 1. The molecule has 1 heterocycles. The van der Waals surface area contributed by atoms with Crippen LogP contribution in [0.3, 0.4) is 0 Å². The van der Waals surface area contributed by atoms with Crippen molar-refractivity contribution in [1.29, 1.82) is 0 Å². The van der Waals surface area contributed by atoms with Gasteiger partial charge < -0.3 is 9.30 Å². The van der Waals surface area contributed by atoms with Crippen LogP contribution in [0.25, 0.3) is 10.2 Å². The van der Waals surface area contributed by atoms with Crippen LogP contribution >= 0.6 is 11.3 Å². The van der Waals surface area contributed by atoms with Gasteiger partial charge in [-0.3, -0.25) is 19.7 Å². The van der Waals surface area contributed by atoms with E-state index in [-0.39, 0.29) is 47.2 Å². The fourth-order valence-electron chi connectivity index (χ4n) is 3.37. The normalized spacial score (nSPS) is 12.0. The van der Waals surface area contributed by atoms with Gasteiger partial charge in [0.05, 0.1) is 26.6 Å². The summed E-state index contributed by atoms with van der Waals surface area (Å²) >= 11 is 1.07. The summed E-state index contributed by atoms with van der Waals surface area (Å²) in [5.74, 6) is -1.28. The van der Waals surface area contributed by atoms with E-state index in [1.807, 2.05) is 0 Å². The molecule has 3 aromatic rings. The molecule has 0 unspecified atom stereocenters. The molecule has 13 heteroatoms. The molecule has 1 aromatic heterocycles. The van der Waals surface area contributed by atoms with Crippen LogP contribution in [0, 0.1) is 10.1 Å². The number of carbonyl (C=O) groups is 2. The van der Waals surface area contributed by atoms with Crippen molar-refractivity contribution in [2.45, 2.75) is 18.4 Å². The molecule has 2 aromatic carbocycles. The third kappa shape index (κ3) is 6.25. The van der Waals surface area contributed by atoms with E-state index in [2.05, 4.69) is 18.2 Å². The van der Waals surface area contributed by atoms with Gasteiger partial charge in [-0.05, 0) is 37.3 Å². The number of nitro groups is 1. The molecule has 0 fully saturated rings. The Labute approximate surface area is 216 Å². The standard InChI is InChI=1S/C24H24N4O7S2/c1-4-13-26(14-5-2)37(33,34)19-10-7-17(8-11-19)23(30)25-24-27(16-22(29)35-6-3)20-15-18(28(31)32)9-12-21(20)36-24/h4-5,7-12,15H,1-2,6,13-14,16H2,3H3. The van der Waals surface area contributed by atoms with Gasteiger partial charge in [0.2, 0.25) is 10.0 Å². The van der Waals surface area contributed by atoms with Gasteiger partial charge in [0, 0.05) is 30.8 Å². The number of carbonyl (C=O) groups excluding carboxylic acids is 2. The van der Waals surface area contributed by atoms with Gasteiger partial charge in [0.1, 0.15) is 6.54 Å². The van der Waals surface area contributed by atoms with Crippen molar-refractivity contribution in [2.24, 2.45) is 4.99 Å². The maximum absolute atomic E-state index is 12.9. The minimum Gasteiger partial charge on any atom is -0.465 e. The number of amides is 1. The van der Waals surface area contributed by atoms with Crippen LogP contribution in [0.2, 0.25) is 0 Å². The molecule has 37 heavy (non-hydrogen) atoms. The summed E-state index contributed by atoms with van der Waals surface area (Å²) in [7, 11) is -3.84. The average Bonchev–Trinajstić information content (AvgIpc) is 3.19. The molecule has 3 rings (SSSR count). The molecule has 194 valence electrons. The van der Waals surface area contributed by atoms with Crippen molar-refractivity contribution in [1.82, 2.24) is 8.87 Å². The molecule has 11 nitrogen and oxygen atoms in total. The smallest absolute Gasteiger partial charge is 0.326 e. The molecular weight excluding hydrogens is 520 g/mol. The predicted molar refractivity (Wildman–Crippen MR) is 139 cm³/mol. The van der Waals surface area contributed by atoms with E-state index >= 15 is 0 Å². The third-order valence-electron chi connectivity index (χ3n) is 5.07. The van der Waals surface area contributed by atoms with Crippen LogP contribution in [0.1, 0.15) is 17.3 Å². The fourth-order valence-corrected chi connectivity index (χ4v) is 5.76. The average molecular weight is 545 g/mol. The van der Waals surface area contributed by atoms with Crippen LogP contribution in [0.5, 0.6) is 0 Å². The summed E-state index contributed by atoms with van der Waals surface area (Å²) in [5, 5.41) is 11.2. The Hall–Kier alpha value is -3.94. The second-order valence-electron chi connectivity index (χ2n) is 7.53. The Morgan fingerprint density at radius 2 is 1.81 bits per heavy atom. The van der Waals surface area contributed by atoms with Gasteiger partial charge in [0.15, 0.2) is 4.80 Å². The fraction of sp³-hybridized carbons (Fsp3) is 0.208. The zero-order valence-corrected chi connectivity index (χ0v) is 21.5. The topological polar surface area (TPSA) is 141 Å². The highest BCUT2D eigenvalue weighted by atomic mass is 32.2. The number of sulfonamides is 1. The molecule has 0 saturated carbocycles. The highest BCUT2D eigenvalue weighted by molar-refractivity contribution is 7.89. The first kappa shape index (κ1) is 27.6. The summed E-state index contributed by atoms with van der Waals surface area (Å²) in [6, 6.07) is 9.42. The molecule has 0 radical (unpaired) electrons. The highest BCUT2D eigenvalue weighted by Gasteiger charge is 2.23. The maximum Gasteiger partial charge on any atom is 0.326 e. The molecule has 0 spiro atoms. The van der Waals surface area contributed by atoms with Crippen molar-refractivity contribution >= 4 is 49.1 Å². The molecule has 0 N–H and O–H groups in total. The molecule has 0 aliphatic heterocycles. The quantitative estimate of drug-likeness (QED) is 0.156. The van der Waals surface area contributed by atoms with E-state index in [1.54, 1.807) is 6.92 Å². The number of aromatic nitrogens is 1. The summed E-state index contributed by atoms with van der Waals surface area (Å²) in [6.45, 7) is 8.80. The first-order chi connectivity index (χ1) is 17.6. The number of esters is 1. The van der Waals surface area contributed by atoms with Gasteiger partial charge in [-0.1, -0.05) is 23.5 Å². The lowest BCUT2D eigenvalue weighted by atomic mass is 10.2. The summed E-state index contributed by atoms with van der Waals surface area (Å²) in [6.07, 6.45) is 2.92. The number of non-ortho nitro benzene ring substituents is 1. The van der Waals surface area contributed by atoms with Gasteiger partial charge in [-0.25, -0.2) is 8.42 Å². The van der Waals surface area contributed by atoms with Crippen molar-refractivity contribution in [2.75, 3.05) is 19.7 Å². The van der Waals surface area contributed by atoms with Gasteiger partial charge in [-0.15, -0.1) is 13.2 Å². The molecule has 0 aliphatic carbocycles. The third-order valence-corrected chi connectivity index (χ3v) is 7.98. The maximum atomic E-state index is 12.9.